The topological polar surface area (TPSA) is 65.8 Å². The number of fused-ring (bicyclic) bond motifs is 3. The van der Waals surface area contributed by atoms with Gasteiger partial charge in [0.05, 0.1) is 21.3 Å². The zero-order valence-electron chi connectivity index (χ0n) is 16.2. The Balaban J connectivity index is 1.66. The number of methoxy groups -OCH3 is 3. The van der Waals surface area contributed by atoms with Gasteiger partial charge in [-0.3, -0.25) is 0 Å². The summed E-state index contributed by atoms with van der Waals surface area (Å²) in [7, 11) is 4.95. The maximum Gasteiger partial charge on any atom is 0.183 e. The largest absolute Gasteiger partial charge is 0.497 e. The summed E-state index contributed by atoms with van der Waals surface area (Å²) in [6, 6.07) is 11.8. The Morgan fingerprint density at radius 1 is 1.07 bits per heavy atom. The van der Waals surface area contributed by atoms with E-state index in [0.29, 0.717) is 11.7 Å². The van der Waals surface area contributed by atoms with Gasteiger partial charge in [0.15, 0.2) is 11.6 Å². The predicted octanol–water partition coefficient (Wildman–Crippen LogP) is 5.15. The van der Waals surface area contributed by atoms with Gasteiger partial charge in [0.1, 0.15) is 22.1 Å². The normalized spacial score (nSPS) is 14.8. The Bertz CT molecular complexity index is 980. The van der Waals surface area contributed by atoms with Crippen LogP contribution in [0.25, 0.3) is 11.3 Å². The molecule has 0 amide bonds. The molecule has 0 bridgehead atoms. The van der Waals surface area contributed by atoms with Crippen molar-refractivity contribution in [1.29, 1.82) is 0 Å². The minimum Gasteiger partial charge on any atom is -0.497 e. The lowest BCUT2D eigenvalue weighted by molar-refractivity contribution is 0.376. The molecule has 4 rings (SSSR count). The molecule has 7 heteroatoms. The van der Waals surface area contributed by atoms with Crippen molar-refractivity contribution in [2.45, 2.75) is 24.2 Å². The highest BCUT2D eigenvalue weighted by Crippen LogP contribution is 2.45. The van der Waals surface area contributed by atoms with Crippen LogP contribution >= 0.6 is 11.9 Å². The number of benzene rings is 2. The minimum atomic E-state index is 0.360. The summed E-state index contributed by atoms with van der Waals surface area (Å²) < 4.78 is 25.3. The van der Waals surface area contributed by atoms with E-state index in [1.165, 1.54) is 17.5 Å². The highest BCUT2D eigenvalue weighted by atomic mass is 32.2. The van der Waals surface area contributed by atoms with Crippen molar-refractivity contribution in [3.63, 3.8) is 0 Å². The van der Waals surface area contributed by atoms with Gasteiger partial charge in [-0.1, -0.05) is 24.2 Å². The number of hydrogen-bond donors (Lipinski definition) is 1. The Hall–Kier alpha value is -2.80. The third-order valence-electron chi connectivity index (χ3n) is 4.97. The van der Waals surface area contributed by atoms with E-state index in [1.807, 2.05) is 30.3 Å². The molecule has 2 aromatic carbocycles. The molecule has 0 radical (unpaired) electrons. The molecule has 1 aliphatic rings. The SMILES string of the molecule is COc1ccc2c(c1)-c1onc(NSc3c(OC)cccc3OC)c1CC2C. The van der Waals surface area contributed by atoms with Crippen LogP contribution in [0.5, 0.6) is 17.2 Å². The zero-order valence-corrected chi connectivity index (χ0v) is 17.1. The van der Waals surface area contributed by atoms with Crippen LogP contribution in [0.15, 0.2) is 45.8 Å². The van der Waals surface area contributed by atoms with Crippen LogP contribution in [0.2, 0.25) is 0 Å². The molecular formula is C21H22N2O4S. The Kier molecular flexibility index (Phi) is 5.09. The fourth-order valence-electron chi connectivity index (χ4n) is 3.51. The van der Waals surface area contributed by atoms with Crippen LogP contribution in [0.4, 0.5) is 5.82 Å². The number of anilines is 1. The van der Waals surface area contributed by atoms with Crippen LogP contribution in [0, 0.1) is 0 Å². The lowest BCUT2D eigenvalue weighted by Gasteiger charge is -2.22. The van der Waals surface area contributed by atoms with E-state index >= 15 is 0 Å². The highest BCUT2D eigenvalue weighted by molar-refractivity contribution is 8.00. The summed E-state index contributed by atoms with van der Waals surface area (Å²) in [4.78, 5) is 0.857. The van der Waals surface area contributed by atoms with Crippen LogP contribution in [0.3, 0.4) is 0 Å². The van der Waals surface area contributed by atoms with E-state index in [4.69, 9.17) is 18.7 Å². The van der Waals surface area contributed by atoms with Crippen LogP contribution in [-0.4, -0.2) is 26.5 Å². The van der Waals surface area contributed by atoms with E-state index in [1.54, 1.807) is 21.3 Å². The fourth-order valence-corrected chi connectivity index (χ4v) is 4.38. The van der Waals surface area contributed by atoms with Gasteiger partial charge in [-0.15, -0.1) is 0 Å². The zero-order chi connectivity index (χ0) is 19.7. The number of hydrogen-bond acceptors (Lipinski definition) is 7. The average molecular weight is 398 g/mol. The molecule has 1 aromatic heterocycles. The third kappa shape index (κ3) is 3.16. The Morgan fingerprint density at radius 2 is 1.82 bits per heavy atom. The molecule has 0 aliphatic heterocycles. The summed E-state index contributed by atoms with van der Waals surface area (Å²) in [6.07, 6.45) is 0.851. The van der Waals surface area contributed by atoms with Crippen molar-refractivity contribution in [2.75, 3.05) is 26.1 Å². The second kappa shape index (κ2) is 7.67. The van der Waals surface area contributed by atoms with Crippen molar-refractivity contribution in [2.24, 2.45) is 0 Å². The summed E-state index contributed by atoms with van der Waals surface area (Å²) in [6.45, 7) is 2.21. The maximum absolute atomic E-state index is 5.72. The van der Waals surface area contributed by atoms with Crippen molar-refractivity contribution in [3.05, 3.63) is 47.5 Å². The van der Waals surface area contributed by atoms with Crippen LogP contribution in [0.1, 0.15) is 24.0 Å². The Morgan fingerprint density at radius 3 is 2.50 bits per heavy atom. The number of nitrogens with one attached hydrogen (secondary N) is 1. The third-order valence-corrected chi connectivity index (χ3v) is 5.87. The molecule has 3 aromatic rings. The van der Waals surface area contributed by atoms with E-state index in [9.17, 15) is 0 Å². The van der Waals surface area contributed by atoms with Gasteiger partial charge in [-0.05, 0) is 54.1 Å². The highest BCUT2D eigenvalue weighted by Gasteiger charge is 2.29. The summed E-state index contributed by atoms with van der Waals surface area (Å²) in [5, 5.41) is 4.28. The Labute approximate surface area is 168 Å². The fraction of sp³-hybridized carbons (Fsp3) is 0.286. The van der Waals surface area contributed by atoms with Crippen molar-refractivity contribution in [3.8, 4) is 28.6 Å². The van der Waals surface area contributed by atoms with E-state index in [0.717, 1.165) is 45.5 Å². The van der Waals surface area contributed by atoms with Crippen LogP contribution in [-0.2, 0) is 6.42 Å². The standard InChI is InChI=1S/C21H22N2O4S/c1-12-10-16-19(15-11-13(24-2)8-9-14(12)15)27-22-21(16)23-28-20-17(25-3)6-5-7-18(20)26-4/h5-9,11-12H,10H2,1-4H3,(H,22,23). The molecule has 146 valence electrons. The molecule has 1 unspecified atom stereocenters. The second-order valence-electron chi connectivity index (χ2n) is 6.59. The molecule has 28 heavy (non-hydrogen) atoms. The van der Waals surface area contributed by atoms with Crippen molar-refractivity contribution in [1.82, 2.24) is 5.16 Å². The molecular weight excluding hydrogens is 376 g/mol. The van der Waals surface area contributed by atoms with Gasteiger partial charge in [0, 0.05) is 11.1 Å². The predicted molar refractivity (Wildman–Crippen MR) is 110 cm³/mol. The first kappa shape index (κ1) is 18.6. The first-order valence-corrected chi connectivity index (χ1v) is 9.78. The molecule has 0 saturated heterocycles. The molecule has 6 nitrogen and oxygen atoms in total. The molecule has 0 spiro atoms. The molecule has 1 atom stereocenters. The van der Waals surface area contributed by atoms with Gasteiger partial charge in [0.2, 0.25) is 0 Å². The summed E-state index contributed by atoms with van der Waals surface area (Å²) in [5.41, 5.74) is 3.35. The molecule has 1 aliphatic carbocycles. The molecule has 1 heterocycles. The lowest BCUT2D eigenvalue weighted by Crippen LogP contribution is -2.08. The van der Waals surface area contributed by atoms with Crippen molar-refractivity contribution < 1.29 is 18.7 Å². The first-order valence-electron chi connectivity index (χ1n) is 8.97. The molecule has 0 saturated carbocycles. The summed E-state index contributed by atoms with van der Waals surface area (Å²) >= 11 is 1.40. The quantitative estimate of drug-likeness (QED) is 0.576. The second-order valence-corrected chi connectivity index (χ2v) is 7.41. The van der Waals surface area contributed by atoms with Crippen LogP contribution < -0.4 is 18.9 Å². The van der Waals surface area contributed by atoms with Gasteiger partial charge >= 0.3 is 0 Å². The summed E-state index contributed by atoms with van der Waals surface area (Å²) in [5.74, 6) is 4.14. The number of nitrogens with zero attached hydrogens (tertiary/aromatic N) is 1. The van der Waals surface area contributed by atoms with Crippen molar-refractivity contribution >= 4 is 17.8 Å². The molecule has 0 fully saturated rings. The van der Waals surface area contributed by atoms with E-state index in [2.05, 4.69) is 22.9 Å². The minimum absolute atomic E-state index is 0.360. The average Bonchev–Trinajstić information content (AvgIpc) is 3.14. The van der Waals surface area contributed by atoms with Gasteiger partial charge in [-0.2, -0.15) is 0 Å². The van der Waals surface area contributed by atoms with Gasteiger partial charge in [0.25, 0.3) is 0 Å². The lowest BCUT2D eigenvalue weighted by atomic mass is 9.83. The van der Waals surface area contributed by atoms with Gasteiger partial charge < -0.3 is 23.5 Å². The molecule has 1 N–H and O–H groups in total. The number of rotatable bonds is 6. The van der Waals surface area contributed by atoms with Gasteiger partial charge in [-0.25, -0.2) is 0 Å². The monoisotopic (exact) mass is 398 g/mol. The van der Waals surface area contributed by atoms with E-state index < -0.39 is 0 Å². The van der Waals surface area contributed by atoms with E-state index in [-0.39, 0.29) is 0 Å². The number of ether oxygens (including phenoxy) is 3. The maximum atomic E-state index is 5.72. The number of aromatic nitrogens is 1. The smallest absolute Gasteiger partial charge is 0.183 e. The first-order chi connectivity index (χ1) is 13.7.